The van der Waals surface area contributed by atoms with E-state index < -0.39 is 5.97 Å². The Morgan fingerprint density at radius 1 is 1.30 bits per heavy atom. The summed E-state index contributed by atoms with van der Waals surface area (Å²) in [7, 11) is 0. The van der Waals surface area contributed by atoms with Gasteiger partial charge in [-0.15, -0.1) is 0 Å². The first-order chi connectivity index (χ1) is 10.9. The fraction of sp³-hybridized carbons (Fsp3) is 0.235. The highest BCUT2D eigenvalue weighted by Crippen LogP contribution is 2.32. The number of nitrogens with zero attached hydrogens (tertiary/aromatic N) is 3. The highest BCUT2D eigenvalue weighted by molar-refractivity contribution is 6.35. The summed E-state index contributed by atoms with van der Waals surface area (Å²) in [5.41, 5.74) is 3.08. The molecule has 0 aliphatic carbocycles. The third kappa shape index (κ3) is 2.68. The average Bonchev–Trinajstić information content (AvgIpc) is 2.87. The first kappa shape index (κ1) is 15.5. The lowest BCUT2D eigenvalue weighted by molar-refractivity contribution is 0.0691. The van der Waals surface area contributed by atoms with Crippen molar-refractivity contribution in [2.24, 2.45) is 0 Å². The highest BCUT2D eigenvalue weighted by atomic mass is 35.5. The number of aromatic nitrogens is 3. The molecule has 1 N–H and O–H groups in total. The van der Waals surface area contributed by atoms with Crippen molar-refractivity contribution in [1.29, 1.82) is 0 Å². The minimum Gasteiger partial charge on any atom is -0.477 e. The largest absolute Gasteiger partial charge is 0.477 e. The van der Waals surface area contributed by atoms with Gasteiger partial charge in [-0.25, -0.2) is 14.5 Å². The number of rotatable bonds is 3. The van der Waals surface area contributed by atoms with Gasteiger partial charge < -0.3 is 5.11 Å². The van der Waals surface area contributed by atoms with Crippen LogP contribution in [-0.2, 0) is 0 Å². The Bertz CT molecular complexity index is 916. The molecule has 2 aromatic heterocycles. The molecule has 0 unspecified atom stereocenters. The monoisotopic (exact) mass is 329 g/mol. The number of carboxylic acid groups (broad SMARTS) is 1. The van der Waals surface area contributed by atoms with Crippen LogP contribution >= 0.6 is 11.6 Å². The third-order valence-corrected chi connectivity index (χ3v) is 3.93. The molecule has 118 valence electrons. The first-order valence-corrected chi connectivity index (χ1v) is 7.65. The van der Waals surface area contributed by atoms with Crippen LogP contribution in [0.3, 0.4) is 0 Å². The summed E-state index contributed by atoms with van der Waals surface area (Å²) in [5, 5.41) is 14.9. The van der Waals surface area contributed by atoms with Crippen molar-refractivity contribution in [3.63, 3.8) is 0 Å². The van der Waals surface area contributed by atoms with Gasteiger partial charge in [-0.05, 0) is 36.6 Å². The Kier molecular flexibility index (Phi) is 3.82. The van der Waals surface area contributed by atoms with Gasteiger partial charge >= 0.3 is 5.97 Å². The summed E-state index contributed by atoms with van der Waals surface area (Å²) in [6, 6.07) is 9.17. The smallest absolute Gasteiger partial charge is 0.354 e. The van der Waals surface area contributed by atoms with Crippen LogP contribution in [-0.4, -0.2) is 25.8 Å². The zero-order chi connectivity index (χ0) is 16.7. The van der Waals surface area contributed by atoms with Crippen molar-refractivity contribution < 1.29 is 9.90 Å². The number of pyridine rings is 1. The predicted octanol–water partition coefficient (Wildman–Crippen LogP) is 4.20. The number of benzene rings is 1. The molecule has 0 radical (unpaired) electrons. The molecule has 0 saturated heterocycles. The second kappa shape index (κ2) is 5.66. The van der Waals surface area contributed by atoms with E-state index in [1.165, 1.54) is 6.07 Å². The lowest BCUT2D eigenvalue weighted by atomic mass is 10.1. The SMILES string of the molecule is Cc1cccc(-n2nc(C(C)C)c3c(Cl)cc(C(=O)O)nc32)c1. The summed E-state index contributed by atoms with van der Waals surface area (Å²) >= 11 is 6.33. The third-order valence-electron chi connectivity index (χ3n) is 3.63. The summed E-state index contributed by atoms with van der Waals surface area (Å²) < 4.78 is 1.66. The lowest BCUT2D eigenvalue weighted by Crippen LogP contribution is -2.03. The molecular weight excluding hydrogens is 314 g/mol. The Morgan fingerprint density at radius 2 is 2.04 bits per heavy atom. The molecule has 0 aliphatic rings. The fourth-order valence-electron chi connectivity index (χ4n) is 2.55. The Hall–Kier alpha value is -2.40. The maximum atomic E-state index is 11.3. The number of hydrogen-bond acceptors (Lipinski definition) is 3. The average molecular weight is 330 g/mol. The van der Waals surface area contributed by atoms with Gasteiger partial charge in [0.1, 0.15) is 0 Å². The van der Waals surface area contributed by atoms with Gasteiger partial charge in [-0.1, -0.05) is 37.6 Å². The van der Waals surface area contributed by atoms with Crippen molar-refractivity contribution >= 4 is 28.6 Å². The summed E-state index contributed by atoms with van der Waals surface area (Å²) in [6.45, 7) is 6.02. The molecular formula is C17H16ClN3O2. The second-order valence-corrected chi connectivity index (χ2v) is 6.19. The molecule has 0 aliphatic heterocycles. The van der Waals surface area contributed by atoms with Gasteiger partial charge in [-0.2, -0.15) is 5.10 Å². The van der Waals surface area contributed by atoms with Gasteiger partial charge in [0.25, 0.3) is 0 Å². The minimum absolute atomic E-state index is 0.0911. The van der Waals surface area contributed by atoms with Crippen molar-refractivity contribution in [3.8, 4) is 5.69 Å². The molecule has 0 atom stereocenters. The first-order valence-electron chi connectivity index (χ1n) is 7.28. The van der Waals surface area contributed by atoms with E-state index >= 15 is 0 Å². The predicted molar refractivity (Wildman–Crippen MR) is 89.7 cm³/mol. The molecule has 0 saturated carbocycles. The van der Waals surface area contributed by atoms with E-state index in [-0.39, 0.29) is 11.6 Å². The van der Waals surface area contributed by atoms with E-state index in [1.807, 2.05) is 45.0 Å². The van der Waals surface area contributed by atoms with Crippen molar-refractivity contribution in [2.45, 2.75) is 26.7 Å². The molecule has 1 aromatic carbocycles. The molecule has 0 fully saturated rings. The van der Waals surface area contributed by atoms with Crippen molar-refractivity contribution in [1.82, 2.24) is 14.8 Å². The number of fused-ring (bicyclic) bond motifs is 1. The summed E-state index contributed by atoms with van der Waals surface area (Å²) in [6.07, 6.45) is 0. The number of carboxylic acids is 1. The van der Waals surface area contributed by atoms with Gasteiger partial charge in [0.05, 0.1) is 21.8 Å². The topological polar surface area (TPSA) is 68.0 Å². The molecule has 0 spiro atoms. The standard InChI is InChI=1S/C17H16ClN3O2/c1-9(2)15-14-12(18)8-13(17(22)23)19-16(14)21(20-15)11-6-4-5-10(3)7-11/h4-9H,1-3H3,(H,22,23). The Balaban J connectivity index is 2.39. The zero-order valence-electron chi connectivity index (χ0n) is 13.0. The quantitative estimate of drug-likeness (QED) is 0.781. The molecule has 3 rings (SSSR count). The Labute approximate surface area is 138 Å². The van der Waals surface area contributed by atoms with E-state index in [1.54, 1.807) is 4.68 Å². The molecule has 23 heavy (non-hydrogen) atoms. The molecule has 0 bridgehead atoms. The summed E-state index contributed by atoms with van der Waals surface area (Å²) in [4.78, 5) is 15.5. The van der Waals surface area contributed by atoms with Gasteiger partial charge in [-0.3, -0.25) is 0 Å². The minimum atomic E-state index is -1.11. The normalized spacial score (nSPS) is 11.3. The fourth-order valence-corrected chi connectivity index (χ4v) is 2.83. The van der Waals surface area contributed by atoms with E-state index in [2.05, 4.69) is 10.1 Å². The van der Waals surface area contributed by atoms with Crippen LogP contribution in [0.2, 0.25) is 5.02 Å². The number of halogens is 1. The van der Waals surface area contributed by atoms with Crippen LogP contribution in [0.4, 0.5) is 0 Å². The summed E-state index contributed by atoms with van der Waals surface area (Å²) in [5.74, 6) is -0.976. The molecule has 2 heterocycles. The van der Waals surface area contributed by atoms with Crippen LogP contribution in [0.25, 0.3) is 16.7 Å². The van der Waals surface area contributed by atoms with Crippen LogP contribution in [0.15, 0.2) is 30.3 Å². The van der Waals surface area contributed by atoms with E-state index in [4.69, 9.17) is 11.6 Å². The van der Waals surface area contributed by atoms with Crippen molar-refractivity contribution in [3.05, 3.63) is 52.3 Å². The van der Waals surface area contributed by atoms with Gasteiger partial charge in [0.15, 0.2) is 11.3 Å². The van der Waals surface area contributed by atoms with Crippen molar-refractivity contribution in [2.75, 3.05) is 0 Å². The molecule has 5 nitrogen and oxygen atoms in total. The molecule has 3 aromatic rings. The van der Waals surface area contributed by atoms with Crippen LogP contribution in [0.5, 0.6) is 0 Å². The zero-order valence-corrected chi connectivity index (χ0v) is 13.8. The number of aryl methyl sites for hydroxylation is 1. The van der Waals surface area contributed by atoms with Crippen LogP contribution < -0.4 is 0 Å². The molecule has 6 heteroatoms. The maximum absolute atomic E-state index is 11.3. The van der Waals surface area contributed by atoms with Crippen LogP contribution in [0, 0.1) is 6.92 Å². The van der Waals surface area contributed by atoms with Gasteiger partial charge in [0.2, 0.25) is 0 Å². The maximum Gasteiger partial charge on any atom is 0.354 e. The van der Waals surface area contributed by atoms with E-state index in [0.717, 1.165) is 16.9 Å². The number of aromatic carboxylic acids is 1. The lowest BCUT2D eigenvalue weighted by Gasteiger charge is -2.05. The van der Waals surface area contributed by atoms with Gasteiger partial charge in [0, 0.05) is 0 Å². The highest BCUT2D eigenvalue weighted by Gasteiger charge is 2.21. The van der Waals surface area contributed by atoms with E-state index in [0.29, 0.717) is 16.1 Å². The number of carbonyl (C=O) groups is 1. The van der Waals surface area contributed by atoms with Crippen LogP contribution in [0.1, 0.15) is 41.5 Å². The second-order valence-electron chi connectivity index (χ2n) is 5.78. The Morgan fingerprint density at radius 3 is 2.65 bits per heavy atom. The molecule has 0 amide bonds. The number of hydrogen-bond donors (Lipinski definition) is 1. The van der Waals surface area contributed by atoms with E-state index in [9.17, 15) is 9.90 Å².